The van der Waals surface area contributed by atoms with Gasteiger partial charge in [0.05, 0.1) is 0 Å². The van der Waals surface area contributed by atoms with Crippen molar-refractivity contribution in [1.29, 1.82) is 0 Å². The van der Waals surface area contributed by atoms with Crippen molar-refractivity contribution < 1.29 is 18.4 Å². The molecular formula is C29H29F2N3O2. The van der Waals surface area contributed by atoms with E-state index in [0.717, 1.165) is 42.4 Å². The quantitative estimate of drug-likeness (QED) is 0.530. The number of fused-ring (bicyclic) bond motifs is 1. The van der Waals surface area contributed by atoms with Gasteiger partial charge in [0, 0.05) is 50.4 Å². The third kappa shape index (κ3) is 5.79. The van der Waals surface area contributed by atoms with E-state index in [1.807, 2.05) is 12.1 Å². The molecule has 1 N–H and O–H groups in total. The number of carbonyl (C=O) groups is 2. The van der Waals surface area contributed by atoms with Crippen LogP contribution in [0.3, 0.4) is 0 Å². The van der Waals surface area contributed by atoms with Crippen LogP contribution in [-0.4, -0.2) is 53.8 Å². The molecule has 0 unspecified atom stereocenters. The Hall–Kier alpha value is -3.58. The van der Waals surface area contributed by atoms with E-state index in [9.17, 15) is 18.4 Å². The number of rotatable bonds is 5. The molecule has 2 aliphatic heterocycles. The summed E-state index contributed by atoms with van der Waals surface area (Å²) in [4.78, 5) is 29.2. The highest BCUT2D eigenvalue weighted by molar-refractivity contribution is 5.94. The van der Waals surface area contributed by atoms with Gasteiger partial charge in [-0.05, 0) is 72.0 Å². The second-order valence-electron chi connectivity index (χ2n) is 9.66. The van der Waals surface area contributed by atoms with Crippen molar-refractivity contribution in [3.63, 3.8) is 0 Å². The Labute approximate surface area is 209 Å². The Morgan fingerprint density at radius 2 is 1.67 bits per heavy atom. The third-order valence-electron chi connectivity index (χ3n) is 6.99. The molecular weight excluding hydrogens is 460 g/mol. The number of likely N-dealkylation sites (tertiary alicyclic amines) is 2. The second-order valence-corrected chi connectivity index (χ2v) is 9.66. The van der Waals surface area contributed by atoms with Crippen LogP contribution in [0.2, 0.25) is 0 Å². The second kappa shape index (κ2) is 10.6. The Morgan fingerprint density at radius 3 is 2.47 bits per heavy atom. The standard InChI is InChI=1S/C29H29F2N3O2/c30-25-3-1-2-24(17-25)29(36)34-12-8-20(9-13-34)15-28(35)32-27-10-11-33(19-27)18-21-4-5-23-16-26(31)7-6-22(23)14-21/h1-7,14-17,27H,8-13,18-19H2,(H,32,35)/t27-/m1/s1. The largest absolute Gasteiger partial charge is 0.348 e. The number of piperidine rings is 1. The molecule has 0 bridgehead atoms. The summed E-state index contributed by atoms with van der Waals surface area (Å²) in [5.41, 5.74) is 2.55. The van der Waals surface area contributed by atoms with Crippen molar-refractivity contribution in [3.05, 3.63) is 95.1 Å². The highest BCUT2D eigenvalue weighted by atomic mass is 19.1. The van der Waals surface area contributed by atoms with E-state index in [0.29, 0.717) is 31.5 Å². The van der Waals surface area contributed by atoms with Crippen molar-refractivity contribution in [2.75, 3.05) is 26.2 Å². The average Bonchev–Trinajstić information content (AvgIpc) is 3.30. The van der Waals surface area contributed by atoms with Crippen molar-refractivity contribution in [2.24, 2.45) is 0 Å². The number of hydrogen-bond acceptors (Lipinski definition) is 3. The highest BCUT2D eigenvalue weighted by Gasteiger charge is 2.25. The van der Waals surface area contributed by atoms with Crippen molar-refractivity contribution in [2.45, 2.75) is 31.8 Å². The van der Waals surface area contributed by atoms with E-state index in [1.54, 1.807) is 29.2 Å². The van der Waals surface area contributed by atoms with Crippen LogP contribution in [0.15, 0.2) is 72.3 Å². The number of hydrogen-bond donors (Lipinski definition) is 1. The zero-order valence-electron chi connectivity index (χ0n) is 20.1. The maximum absolute atomic E-state index is 13.4. The van der Waals surface area contributed by atoms with Gasteiger partial charge in [-0.3, -0.25) is 14.5 Å². The van der Waals surface area contributed by atoms with Gasteiger partial charge in [0.15, 0.2) is 0 Å². The molecule has 0 aromatic heterocycles. The molecule has 36 heavy (non-hydrogen) atoms. The lowest BCUT2D eigenvalue weighted by molar-refractivity contribution is -0.117. The minimum atomic E-state index is -0.422. The Bertz CT molecular complexity index is 1310. The summed E-state index contributed by atoms with van der Waals surface area (Å²) in [7, 11) is 0. The summed E-state index contributed by atoms with van der Waals surface area (Å²) in [5, 5.41) is 5.04. The molecule has 2 fully saturated rings. The first kappa shape index (κ1) is 24.1. The van der Waals surface area contributed by atoms with E-state index in [-0.39, 0.29) is 23.7 Å². The van der Waals surface area contributed by atoms with Crippen LogP contribution < -0.4 is 5.32 Å². The molecule has 3 aromatic rings. The SMILES string of the molecule is O=C(C=C1CCN(C(=O)c2cccc(F)c2)CC1)N[C@@H]1CCN(Cc2ccc3cc(F)ccc3c2)C1. The summed E-state index contributed by atoms with van der Waals surface area (Å²) < 4.78 is 26.8. The molecule has 7 heteroatoms. The number of nitrogens with zero attached hydrogens (tertiary/aromatic N) is 2. The van der Waals surface area contributed by atoms with E-state index in [4.69, 9.17) is 0 Å². The predicted octanol–water partition coefficient (Wildman–Crippen LogP) is 4.67. The van der Waals surface area contributed by atoms with Crippen LogP contribution in [0.1, 0.15) is 35.2 Å². The van der Waals surface area contributed by atoms with Gasteiger partial charge in [-0.1, -0.05) is 29.8 Å². The molecule has 3 aromatic carbocycles. The van der Waals surface area contributed by atoms with Crippen LogP contribution in [0.4, 0.5) is 8.78 Å². The average molecular weight is 490 g/mol. The maximum atomic E-state index is 13.4. The Morgan fingerprint density at radius 1 is 0.917 bits per heavy atom. The lowest BCUT2D eigenvalue weighted by atomic mass is 10.0. The molecule has 0 saturated carbocycles. The molecule has 186 valence electrons. The van der Waals surface area contributed by atoms with Gasteiger partial charge in [0.2, 0.25) is 5.91 Å². The molecule has 0 radical (unpaired) electrons. The number of halogens is 2. The van der Waals surface area contributed by atoms with Gasteiger partial charge in [0.25, 0.3) is 5.91 Å². The minimum absolute atomic E-state index is 0.0884. The van der Waals surface area contributed by atoms with E-state index in [1.165, 1.54) is 29.8 Å². The van der Waals surface area contributed by atoms with Crippen LogP contribution in [0, 0.1) is 11.6 Å². The monoisotopic (exact) mass is 489 g/mol. The molecule has 0 aliphatic carbocycles. The fourth-order valence-corrected chi connectivity index (χ4v) is 5.09. The van der Waals surface area contributed by atoms with Crippen LogP contribution in [0.5, 0.6) is 0 Å². The fraction of sp³-hybridized carbons (Fsp3) is 0.310. The lowest BCUT2D eigenvalue weighted by Crippen LogP contribution is -2.38. The first-order chi connectivity index (χ1) is 17.4. The first-order valence-corrected chi connectivity index (χ1v) is 12.4. The number of nitrogens with one attached hydrogen (secondary N) is 1. The molecule has 5 nitrogen and oxygen atoms in total. The van der Waals surface area contributed by atoms with Gasteiger partial charge in [0.1, 0.15) is 11.6 Å². The molecule has 2 amide bonds. The summed E-state index contributed by atoms with van der Waals surface area (Å²) in [6, 6.07) is 16.7. The van der Waals surface area contributed by atoms with Crippen molar-refractivity contribution >= 4 is 22.6 Å². The molecule has 2 saturated heterocycles. The minimum Gasteiger partial charge on any atom is -0.348 e. The van der Waals surface area contributed by atoms with E-state index < -0.39 is 5.82 Å². The summed E-state index contributed by atoms with van der Waals surface area (Å²) in [6.45, 7) is 3.51. The Balaban J connectivity index is 1.09. The van der Waals surface area contributed by atoms with Gasteiger partial charge < -0.3 is 10.2 Å². The number of amides is 2. The van der Waals surface area contributed by atoms with Crippen LogP contribution in [-0.2, 0) is 11.3 Å². The first-order valence-electron chi connectivity index (χ1n) is 12.4. The van der Waals surface area contributed by atoms with Crippen LogP contribution in [0.25, 0.3) is 10.8 Å². The lowest BCUT2D eigenvalue weighted by Gasteiger charge is -2.28. The van der Waals surface area contributed by atoms with Gasteiger partial charge >= 0.3 is 0 Å². The Kier molecular flexibility index (Phi) is 7.09. The van der Waals surface area contributed by atoms with E-state index >= 15 is 0 Å². The summed E-state index contributed by atoms with van der Waals surface area (Å²) in [6.07, 6.45) is 3.84. The van der Waals surface area contributed by atoms with E-state index in [2.05, 4.69) is 16.3 Å². The maximum Gasteiger partial charge on any atom is 0.253 e. The summed E-state index contributed by atoms with van der Waals surface area (Å²) >= 11 is 0. The van der Waals surface area contributed by atoms with Crippen molar-refractivity contribution in [1.82, 2.24) is 15.1 Å². The van der Waals surface area contributed by atoms with Crippen molar-refractivity contribution in [3.8, 4) is 0 Å². The third-order valence-corrected chi connectivity index (χ3v) is 6.99. The summed E-state index contributed by atoms with van der Waals surface area (Å²) in [5.74, 6) is -0.919. The molecule has 1 atom stereocenters. The van der Waals surface area contributed by atoms with Gasteiger partial charge in [-0.15, -0.1) is 0 Å². The molecule has 2 heterocycles. The predicted molar refractivity (Wildman–Crippen MR) is 135 cm³/mol. The molecule has 5 rings (SSSR count). The zero-order valence-corrected chi connectivity index (χ0v) is 20.1. The highest BCUT2D eigenvalue weighted by Crippen LogP contribution is 2.21. The number of carbonyl (C=O) groups excluding carboxylic acids is 2. The van der Waals surface area contributed by atoms with Gasteiger partial charge in [-0.25, -0.2) is 8.78 Å². The topological polar surface area (TPSA) is 52.7 Å². The molecule has 0 spiro atoms. The zero-order chi connectivity index (χ0) is 25.1. The van der Waals surface area contributed by atoms with Gasteiger partial charge in [-0.2, -0.15) is 0 Å². The molecule has 2 aliphatic rings. The fourth-order valence-electron chi connectivity index (χ4n) is 5.09. The smallest absolute Gasteiger partial charge is 0.253 e. The number of benzene rings is 3. The normalized spacial score (nSPS) is 18.4. The van der Waals surface area contributed by atoms with Crippen LogP contribution >= 0.6 is 0 Å².